The number of hydrogen-bond acceptors (Lipinski definition) is 6. The van der Waals surface area contributed by atoms with Gasteiger partial charge in [0.05, 0.1) is 16.9 Å². The predicted octanol–water partition coefficient (Wildman–Crippen LogP) is 0.799. The summed E-state index contributed by atoms with van der Waals surface area (Å²) in [5, 5.41) is 14.4. The van der Waals surface area contributed by atoms with E-state index in [1.165, 1.54) is 23.2 Å². The Balaban J connectivity index is 2.17. The van der Waals surface area contributed by atoms with Gasteiger partial charge in [0.2, 0.25) is 0 Å². The van der Waals surface area contributed by atoms with Crippen LogP contribution in [0.1, 0.15) is 16.1 Å². The van der Waals surface area contributed by atoms with E-state index in [1.54, 1.807) is 0 Å². The molecule has 0 saturated heterocycles. The van der Waals surface area contributed by atoms with Crippen molar-refractivity contribution in [3.63, 3.8) is 0 Å². The van der Waals surface area contributed by atoms with Crippen LogP contribution in [-0.2, 0) is 6.54 Å². The number of rotatable bonds is 4. The summed E-state index contributed by atoms with van der Waals surface area (Å²) in [6.45, 7) is 0.157. The fourth-order valence-corrected chi connectivity index (χ4v) is 1.88. The Morgan fingerprint density at radius 3 is 3.00 bits per heavy atom. The first kappa shape index (κ1) is 13.2. The van der Waals surface area contributed by atoms with Gasteiger partial charge in [-0.3, -0.25) is 10.2 Å². The lowest BCUT2D eigenvalue weighted by atomic mass is 10.3. The molecule has 19 heavy (non-hydrogen) atoms. The fraction of sp³-hybridized carbons (Fsp3) is 0.111. The van der Waals surface area contributed by atoms with Crippen molar-refractivity contribution in [1.29, 1.82) is 0 Å². The van der Waals surface area contributed by atoms with Crippen LogP contribution >= 0.6 is 15.9 Å². The number of nitrogens with two attached hydrogens (primary N) is 1. The number of carbonyl (C=O) groups is 1. The second kappa shape index (κ2) is 5.20. The van der Waals surface area contributed by atoms with Crippen LogP contribution in [0.25, 0.3) is 0 Å². The molecular weight excluding hydrogens is 322 g/mol. The van der Waals surface area contributed by atoms with Crippen molar-refractivity contribution in [1.82, 2.24) is 15.2 Å². The maximum absolute atomic E-state index is 11.2. The van der Waals surface area contributed by atoms with Gasteiger partial charge < -0.3 is 14.5 Å². The molecule has 0 fully saturated rings. The standard InChI is InChI=1S/C9H8BrN5O4/c10-7-3-14(13-8(7)15(17)18)2-6-1-5(4-19-6)9(16)12-11/h1,3-4H,2,11H2,(H,12,16). The fourth-order valence-electron chi connectivity index (χ4n) is 1.42. The molecule has 100 valence electrons. The molecule has 0 aliphatic rings. The summed E-state index contributed by atoms with van der Waals surface area (Å²) < 4.78 is 6.73. The van der Waals surface area contributed by atoms with Gasteiger partial charge in [0, 0.05) is 0 Å². The van der Waals surface area contributed by atoms with E-state index in [1.807, 2.05) is 5.43 Å². The van der Waals surface area contributed by atoms with Gasteiger partial charge in [-0.2, -0.15) is 4.68 Å². The maximum atomic E-state index is 11.2. The lowest BCUT2D eigenvalue weighted by Gasteiger charge is -1.92. The van der Waals surface area contributed by atoms with Gasteiger partial charge in [0.25, 0.3) is 5.91 Å². The van der Waals surface area contributed by atoms with E-state index >= 15 is 0 Å². The number of carbonyl (C=O) groups excluding carboxylic acids is 1. The average Bonchev–Trinajstić information content (AvgIpc) is 2.95. The van der Waals surface area contributed by atoms with Crippen molar-refractivity contribution in [3.05, 3.63) is 44.4 Å². The third-order valence-electron chi connectivity index (χ3n) is 2.24. The third-order valence-corrected chi connectivity index (χ3v) is 2.80. The van der Waals surface area contributed by atoms with Crippen molar-refractivity contribution >= 4 is 27.7 Å². The van der Waals surface area contributed by atoms with Gasteiger partial charge in [-0.1, -0.05) is 0 Å². The van der Waals surface area contributed by atoms with Crippen molar-refractivity contribution in [2.24, 2.45) is 5.84 Å². The zero-order chi connectivity index (χ0) is 14.0. The predicted molar refractivity (Wildman–Crippen MR) is 66.0 cm³/mol. The van der Waals surface area contributed by atoms with E-state index in [0.29, 0.717) is 5.76 Å². The molecule has 0 radical (unpaired) electrons. The topological polar surface area (TPSA) is 129 Å². The number of hydrazine groups is 1. The Bertz CT molecular complexity index is 634. The molecule has 2 rings (SSSR count). The molecule has 9 nitrogen and oxygen atoms in total. The Hall–Kier alpha value is -2.20. The minimum atomic E-state index is -0.601. The van der Waals surface area contributed by atoms with Crippen LogP contribution in [-0.4, -0.2) is 20.6 Å². The van der Waals surface area contributed by atoms with Crippen LogP contribution in [0, 0.1) is 10.1 Å². The second-order valence-electron chi connectivity index (χ2n) is 3.53. The zero-order valence-corrected chi connectivity index (χ0v) is 11.0. The van der Waals surface area contributed by atoms with E-state index in [-0.39, 0.29) is 22.4 Å². The molecule has 0 aromatic carbocycles. The number of amides is 1. The minimum absolute atomic E-state index is 0.157. The quantitative estimate of drug-likeness (QED) is 0.369. The summed E-state index contributed by atoms with van der Waals surface area (Å²) in [5.74, 6) is 4.63. The molecule has 0 spiro atoms. The molecule has 2 aromatic heterocycles. The number of halogens is 1. The Morgan fingerprint density at radius 2 is 2.42 bits per heavy atom. The van der Waals surface area contributed by atoms with E-state index in [4.69, 9.17) is 10.3 Å². The molecule has 0 atom stereocenters. The molecule has 1 amide bonds. The molecule has 0 aliphatic heterocycles. The Kier molecular flexibility index (Phi) is 3.62. The molecule has 0 unspecified atom stereocenters. The van der Waals surface area contributed by atoms with Crippen molar-refractivity contribution in [2.75, 3.05) is 0 Å². The van der Waals surface area contributed by atoms with Crippen LogP contribution in [0.3, 0.4) is 0 Å². The maximum Gasteiger partial charge on any atom is 0.404 e. The van der Waals surface area contributed by atoms with Crippen LogP contribution in [0.15, 0.2) is 27.4 Å². The lowest BCUT2D eigenvalue weighted by molar-refractivity contribution is -0.390. The Labute approximate surface area is 114 Å². The first-order valence-electron chi connectivity index (χ1n) is 4.97. The van der Waals surface area contributed by atoms with Gasteiger partial charge in [-0.15, -0.1) is 0 Å². The molecule has 3 N–H and O–H groups in total. The number of nitrogens with one attached hydrogen (secondary N) is 1. The highest BCUT2D eigenvalue weighted by Gasteiger charge is 2.19. The van der Waals surface area contributed by atoms with E-state index in [9.17, 15) is 14.9 Å². The number of nitrogens with zero attached hydrogens (tertiary/aromatic N) is 3. The second-order valence-corrected chi connectivity index (χ2v) is 4.38. The average molecular weight is 330 g/mol. The normalized spacial score (nSPS) is 10.4. The van der Waals surface area contributed by atoms with Crippen LogP contribution in [0.5, 0.6) is 0 Å². The number of nitro groups is 1. The summed E-state index contributed by atoms with van der Waals surface area (Å²) in [5.41, 5.74) is 2.23. The molecule has 0 bridgehead atoms. The molecular formula is C9H8BrN5O4. The van der Waals surface area contributed by atoms with Crippen LogP contribution < -0.4 is 11.3 Å². The van der Waals surface area contributed by atoms with Crippen molar-refractivity contribution in [3.8, 4) is 0 Å². The number of nitrogen functional groups attached to an aromatic ring is 1. The largest absolute Gasteiger partial charge is 0.466 e. The highest BCUT2D eigenvalue weighted by molar-refractivity contribution is 9.10. The summed E-state index contributed by atoms with van der Waals surface area (Å²) >= 11 is 3.03. The molecule has 0 aliphatic carbocycles. The Morgan fingerprint density at radius 1 is 1.68 bits per heavy atom. The lowest BCUT2D eigenvalue weighted by Crippen LogP contribution is -2.29. The molecule has 2 heterocycles. The molecule has 0 saturated carbocycles. The summed E-state index contributed by atoms with van der Waals surface area (Å²) in [4.78, 5) is 21.2. The van der Waals surface area contributed by atoms with E-state index in [0.717, 1.165) is 0 Å². The molecule has 2 aromatic rings. The van der Waals surface area contributed by atoms with E-state index in [2.05, 4.69) is 21.0 Å². The summed E-state index contributed by atoms with van der Waals surface area (Å²) in [6.07, 6.45) is 2.69. The summed E-state index contributed by atoms with van der Waals surface area (Å²) in [7, 11) is 0. The van der Waals surface area contributed by atoms with Crippen molar-refractivity contribution in [2.45, 2.75) is 6.54 Å². The number of hydrogen-bond donors (Lipinski definition) is 2. The summed E-state index contributed by atoms with van der Waals surface area (Å²) in [6, 6.07) is 1.48. The van der Waals surface area contributed by atoms with Gasteiger partial charge in [-0.05, 0) is 26.9 Å². The first-order valence-corrected chi connectivity index (χ1v) is 5.76. The molecule has 10 heteroatoms. The van der Waals surface area contributed by atoms with Crippen LogP contribution in [0.4, 0.5) is 5.82 Å². The highest BCUT2D eigenvalue weighted by atomic mass is 79.9. The van der Waals surface area contributed by atoms with E-state index < -0.39 is 10.8 Å². The van der Waals surface area contributed by atoms with Crippen LogP contribution in [0.2, 0.25) is 0 Å². The number of aromatic nitrogens is 2. The first-order chi connectivity index (χ1) is 9.01. The van der Waals surface area contributed by atoms with Gasteiger partial charge in [-0.25, -0.2) is 5.84 Å². The van der Waals surface area contributed by atoms with Gasteiger partial charge >= 0.3 is 5.82 Å². The zero-order valence-electron chi connectivity index (χ0n) is 9.37. The van der Waals surface area contributed by atoms with Gasteiger partial charge in [0.15, 0.2) is 0 Å². The third kappa shape index (κ3) is 2.80. The monoisotopic (exact) mass is 329 g/mol. The van der Waals surface area contributed by atoms with Crippen molar-refractivity contribution < 1.29 is 14.1 Å². The minimum Gasteiger partial charge on any atom is -0.466 e. The smallest absolute Gasteiger partial charge is 0.404 e. The highest BCUT2D eigenvalue weighted by Crippen LogP contribution is 2.22. The SMILES string of the molecule is NNC(=O)c1coc(Cn2cc(Br)c([N+](=O)[O-])n2)c1. The van der Waals surface area contributed by atoms with Gasteiger partial charge in [0.1, 0.15) is 23.0 Å². The number of furan rings is 1.